The van der Waals surface area contributed by atoms with Crippen LogP contribution >= 0.6 is 0 Å². The molecule has 24 heavy (non-hydrogen) atoms. The maximum atomic E-state index is 12.6. The third kappa shape index (κ3) is 4.28. The summed E-state index contributed by atoms with van der Waals surface area (Å²) in [6.45, 7) is 3.00. The van der Waals surface area contributed by atoms with E-state index in [-0.39, 0.29) is 12.1 Å². The molecule has 0 aliphatic carbocycles. The monoisotopic (exact) mass is 332 g/mol. The predicted octanol–water partition coefficient (Wildman–Crippen LogP) is 2.97. The average Bonchev–Trinajstić information content (AvgIpc) is 3.17. The molecule has 2 aliphatic rings. The Balaban J connectivity index is 1.52. The van der Waals surface area contributed by atoms with Crippen molar-refractivity contribution in [2.45, 2.75) is 37.8 Å². The predicted molar refractivity (Wildman–Crippen MR) is 92.9 cm³/mol. The molecular formula is C19H28N2O3. The Morgan fingerprint density at radius 1 is 1.29 bits per heavy atom. The molecule has 0 aromatic heterocycles. The minimum atomic E-state index is -0.111. The molecule has 0 bridgehead atoms. The first-order valence-corrected chi connectivity index (χ1v) is 8.99. The molecule has 2 saturated heterocycles. The summed E-state index contributed by atoms with van der Waals surface area (Å²) in [5, 5.41) is 3.12. The molecule has 2 amide bonds. The number of benzene rings is 1. The molecule has 2 atom stereocenters. The number of amides is 2. The van der Waals surface area contributed by atoms with Crippen LogP contribution in [-0.4, -0.2) is 50.4 Å². The standard InChI is InChI=1S/C19H28N2O3/c1-23-14-17(15-6-3-2-4-7-15)20-19(22)21-11-9-16(10-12-21)18-8-5-13-24-18/h2-4,6-7,16-18H,5,8-14H2,1H3,(H,20,22)/t17-,18-/m1/s1. The van der Waals surface area contributed by atoms with E-state index in [0.29, 0.717) is 18.6 Å². The third-order valence-electron chi connectivity index (χ3n) is 5.15. The van der Waals surface area contributed by atoms with Crippen molar-refractivity contribution in [1.82, 2.24) is 10.2 Å². The highest BCUT2D eigenvalue weighted by molar-refractivity contribution is 5.74. The van der Waals surface area contributed by atoms with E-state index in [9.17, 15) is 4.79 Å². The Kier molecular flexibility index (Phi) is 6.10. The zero-order valence-electron chi connectivity index (χ0n) is 14.4. The van der Waals surface area contributed by atoms with Crippen LogP contribution in [-0.2, 0) is 9.47 Å². The molecular weight excluding hydrogens is 304 g/mol. The topological polar surface area (TPSA) is 50.8 Å². The average molecular weight is 332 g/mol. The molecule has 0 saturated carbocycles. The second kappa shape index (κ2) is 8.49. The Labute approximate surface area is 144 Å². The third-order valence-corrected chi connectivity index (χ3v) is 5.15. The van der Waals surface area contributed by atoms with E-state index in [0.717, 1.165) is 38.1 Å². The van der Waals surface area contributed by atoms with Gasteiger partial charge in [-0.3, -0.25) is 0 Å². The number of ether oxygens (including phenoxy) is 2. The minimum absolute atomic E-state index is 0.00620. The highest BCUT2D eigenvalue weighted by Gasteiger charge is 2.31. The van der Waals surface area contributed by atoms with Crippen molar-refractivity contribution in [1.29, 1.82) is 0 Å². The molecule has 132 valence electrons. The van der Waals surface area contributed by atoms with Crippen LogP contribution in [0.15, 0.2) is 30.3 Å². The summed E-state index contributed by atoms with van der Waals surface area (Å²) < 4.78 is 11.1. The summed E-state index contributed by atoms with van der Waals surface area (Å²) in [5.41, 5.74) is 1.07. The smallest absolute Gasteiger partial charge is 0.317 e. The summed E-state index contributed by atoms with van der Waals surface area (Å²) in [6, 6.07) is 9.88. The lowest BCUT2D eigenvalue weighted by molar-refractivity contribution is 0.0367. The summed E-state index contributed by atoms with van der Waals surface area (Å²) in [4.78, 5) is 14.5. The van der Waals surface area contributed by atoms with Gasteiger partial charge in [0.15, 0.2) is 0 Å². The van der Waals surface area contributed by atoms with Crippen LogP contribution < -0.4 is 5.32 Å². The molecule has 0 unspecified atom stereocenters. The number of rotatable bonds is 5. The van der Waals surface area contributed by atoms with E-state index in [1.54, 1.807) is 7.11 Å². The fourth-order valence-electron chi connectivity index (χ4n) is 3.76. The second-order valence-electron chi connectivity index (χ2n) is 6.74. The van der Waals surface area contributed by atoms with Crippen LogP contribution in [0.1, 0.15) is 37.3 Å². The lowest BCUT2D eigenvalue weighted by Crippen LogP contribution is -2.47. The highest BCUT2D eigenvalue weighted by Crippen LogP contribution is 2.29. The fraction of sp³-hybridized carbons (Fsp3) is 0.632. The van der Waals surface area contributed by atoms with Gasteiger partial charge in [-0.15, -0.1) is 0 Å². The maximum absolute atomic E-state index is 12.6. The van der Waals surface area contributed by atoms with Gasteiger partial charge in [0.25, 0.3) is 0 Å². The van der Waals surface area contributed by atoms with Gasteiger partial charge in [-0.25, -0.2) is 4.79 Å². The number of carbonyl (C=O) groups excluding carboxylic acids is 1. The van der Waals surface area contributed by atoms with Gasteiger partial charge < -0.3 is 19.7 Å². The number of piperidine rings is 1. The molecule has 3 rings (SSSR count). The molecule has 5 heteroatoms. The van der Waals surface area contributed by atoms with Crippen LogP contribution in [0.3, 0.4) is 0 Å². The Morgan fingerprint density at radius 2 is 2.04 bits per heavy atom. The Bertz CT molecular complexity index is 509. The van der Waals surface area contributed by atoms with E-state index in [2.05, 4.69) is 5.32 Å². The first-order chi connectivity index (χ1) is 11.8. The number of hydrogen-bond acceptors (Lipinski definition) is 3. The summed E-state index contributed by atoms with van der Waals surface area (Å²) >= 11 is 0. The number of urea groups is 1. The molecule has 1 N–H and O–H groups in total. The lowest BCUT2D eigenvalue weighted by Gasteiger charge is -2.35. The first kappa shape index (κ1) is 17.2. The van der Waals surface area contributed by atoms with Gasteiger partial charge in [-0.1, -0.05) is 30.3 Å². The quantitative estimate of drug-likeness (QED) is 0.902. The SMILES string of the molecule is COC[C@@H](NC(=O)N1CCC([C@H]2CCCO2)CC1)c1ccccc1. The van der Waals surface area contributed by atoms with Crippen LogP contribution in [0.2, 0.25) is 0 Å². The van der Waals surface area contributed by atoms with Crippen LogP contribution in [0, 0.1) is 5.92 Å². The van der Waals surface area contributed by atoms with Crippen molar-refractivity contribution >= 4 is 6.03 Å². The molecule has 2 fully saturated rings. The molecule has 2 aliphatic heterocycles. The Morgan fingerprint density at radius 3 is 2.67 bits per heavy atom. The van der Waals surface area contributed by atoms with Crippen LogP contribution in [0.5, 0.6) is 0 Å². The summed E-state index contributed by atoms with van der Waals surface area (Å²) in [5.74, 6) is 0.612. The van der Waals surface area contributed by atoms with Gasteiger partial charge in [0, 0.05) is 26.8 Å². The number of methoxy groups -OCH3 is 1. The van der Waals surface area contributed by atoms with E-state index < -0.39 is 0 Å². The van der Waals surface area contributed by atoms with Crippen LogP contribution in [0.25, 0.3) is 0 Å². The number of carbonyl (C=O) groups is 1. The van der Waals surface area contributed by atoms with Gasteiger partial charge in [0.1, 0.15) is 0 Å². The molecule has 1 aromatic carbocycles. The summed E-state index contributed by atoms with van der Waals surface area (Å²) in [6.07, 6.45) is 4.86. The highest BCUT2D eigenvalue weighted by atomic mass is 16.5. The van der Waals surface area contributed by atoms with Gasteiger partial charge in [0.05, 0.1) is 18.8 Å². The summed E-state index contributed by atoms with van der Waals surface area (Å²) in [7, 11) is 1.66. The number of hydrogen-bond donors (Lipinski definition) is 1. The van der Waals surface area contributed by atoms with Gasteiger partial charge in [-0.05, 0) is 37.2 Å². The maximum Gasteiger partial charge on any atom is 0.317 e. The molecule has 0 spiro atoms. The largest absolute Gasteiger partial charge is 0.382 e. The van der Waals surface area contributed by atoms with Crippen molar-refractivity contribution < 1.29 is 14.3 Å². The van der Waals surface area contributed by atoms with Crippen molar-refractivity contribution in [2.24, 2.45) is 5.92 Å². The zero-order valence-corrected chi connectivity index (χ0v) is 14.4. The molecule has 2 heterocycles. The van der Waals surface area contributed by atoms with Crippen molar-refractivity contribution in [3.8, 4) is 0 Å². The molecule has 0 radical (unpaired) electrons. The van der Waals surface area contributed by atoms with E-state index >= 15 is 0 Å². The van der Waals surface area contributed by atoms with Gasteiger partial charge in [0.2, 0.25) is 0 Å². The van der Waals surface area contributed by atoms with Crippen molar-refractivity contribution in [3.05, 3.63) is 35.9 Å². The van der Waals surface area contributed by atoms with E-state index in [1.165, 1.54) is 12.8 Å². The van der Waals surface area contributed by atoms with E-state index in [1.807, 2.05) is 35.2 Å². The van der Waals surface area contributed by atoms with Crippen molar-refractivity contribution in [2.75, 3.05) is 33.4 Å². The number of likely N-dealkylation sites (tertiary alicyclic amines) is 1. The number of nitrogens with one attached hydrogen (secondary N) is 1. The zero-order chi connectivity index (χ0) is 16.8. The normalized spacial score (nSPS) is 23.2. The second-order valence-corrected chi connectivity index (χ2v) is 6.74. The molecule has 1 aromatic rings. The van der Waals surface area contributed by atoms with Gasteiger partial charge >= 0.3 is 6.03 Å². The minimum Gasteiger partial charge on any atom is -0.382 e. The number of nitrogens with zero attached hydrogens (tertiary/aromatic N) is 1. The first-order valence-electron chi connectivity index (χ1n) is 8.99. The Hall–Kier alpha value is -1.59. The molecule has 5 nitrogen and oxygen atoms in total. The van der Waals surface area contributed by atoms with Gasteiger partial charge in [-0.2, -0.15) is 0 Å². The van der Waals surface area contributed by atoms with E-state index in [4.69, 9.17) is 9.47 Å². The lowest BCUT2D eigenvalue weighted by atomic mass is 9.90. The fourth-order valence-corrected chi connectivity index (χ4v) is 3.76. The van der Waals surface area contributed by atoms with Crippen LogP contribution in [0.4, 0.5) is 4.79 Å². The van der Waals surface area contributed by atoms with Crippen molar-refractivity contribution in [3.63, 3.8) is 0 Å².